The molecule has 2 aliphatic rings. The molecule has 1 atom stereocenters. The van der Waals surface area contributed by atoms with Crippen molar-refractivity contribution in [3.8, 4) is 0 Å². The molecule has 4 nitrogen and oxygen atoms in total. The van der Waals surface area contributed by atoms with Crippen LogP contribution >= 0.6 is 0 Å². The normalized spacial score (nSPS) is 26.0. The van der Waals surface area contributed by atoms with E-state index in [9.17, 15) is 4.79 Å². The molecule has 2 saturated heterocycles. The second-order valence-corrected chi connectivity index (χ2v) is 5.36. The summed E-state index contributed by atoms with van der Waals surface area (Å²) in [6.07, 6.45) is 4.30. The van der Waals surface area contributed by atoms with Gasteiger partial charge in [-0.15, -0.1) is 0 Å². The van der Waals surface area contributed by atoms with E-state index in [0.717, 1.165) is 31.5 Å². The van der Waals surface area contributed by atoms with E-state index in [-0.39, 0.29) is 11.8 Å². The predicted molar refractivity (Wildman–Crippen MR) is 72.5 cm³/mol. The molecule has 0 saturated carbocycles. The average Bonchev–Trinajstić information content (AvgIpc) is 2.46. The number of benzene rings is 1. The number of ether oxygens (including phenoxy) is 1. The molecule has 1 spiro atoms. The Labute approximate surface area is 113 Å². The number of nitrogens with one attached hydrogen (secondary N) is 1. The Bertz CT molecular complexity index is 441. The molecule has 0 aromatic heterocycles. The van der Waals surface area contributed by atoms with Crippen molar-refractivity contribution in [2.75, 3.05) is 13.1 Å². The molecule has 1 aromatic rings. The highest BCUT2D eigenvalue weighted by atomic mass is 16.6. The predicted octanol–water partition coefficient (Wildman–Crippen LogP) is 2.50. The van der Waals surface area contributed by atoms with Crippen molar-refractivity contribution in [1.82, 2.24) is 10.2 Å². The molecule has 2 aliphatic heterocycles. The Kier molecular flexibility index (Phi) is 3.42. The largest absolute Gasteiger partial charge is 0.445 e. The van der Waals surface area contributed by atoms with E-state index in [2.05, 4.69) is 5.32 Å². The van der Waals surface area contributed by atoms with E-state index >= 15 is 0 Å². The van der Waals surface area contributed by atoms with Crippen molar-refractivity contribution in [1.29, 1.82) is 0 Å². The van der Waals surface area contributed by atoms with Crippen molar-refractivity contribution < 1.29 is 9.53 Å². The van der Waals surface area contributed by atoms with E-state index in [1.807, 2.05) is 35.2 Å². The van der Waals surface area contributed by atoms with Gasteiger partial charge < -0.3 is 4.74 Å². The molecule has 2 heterocycles. The highest BCUT2D eigenvalue weighted by Gasteiger charge is 2.48. The summed E-state index contributed by atoms with van der Waals surface area (Å²) in [4.78, 5) is 14.0. The Balaban J connectivity index is 1.56. The summed E-state index contributed by atoms with van der Waals surface area (Å²) in [6, 6.07) is 9.81. The summed E-state index contributed by atoms with van der Waals surface area (Å²) < 4.78 is 5.41. The lowest BCUT2D eigenvalue weighted by Gasteiger charge is -2.54. The third-order valence-electron chi connectivity index (χ3n) is 4.16. The molecular weight excluding hydrogens is 240 g/mol. The zero-order valence-corrected chi connectivity index (χ0v) is 11.1. The molecule has 4 heteroatoms. The third-order valence-corrected chi connectivity index (χ3v) is 4.16. The Morgan fingerprint density at radius 1 is 1.26 bits per heavy atom. The Morgan fingerprint density at radius 3 is 2.74 bits per heavy atom. The zero-order valence-electron chi connectivity index (χ0n) is 11.1. The van der Waals surface area contributed by atoms with Crippen LogP contribution in [0.3, 0.4) is 0 Å². The minimum absolute atomic E-state index is 0.105. The molecule has 102 valence electrons. The van der Waals surface area contributed by atoms with Crippen LogP contribution in [0.4, 0.5) is 4.79 Å². The summed E-state index contributed by atoms with van der Waals surface area (Å²) in [6.45, 7) is 2.16. The quantitative estimate of drug-likeness (QED) is 0.888. The molecule has 1 N–H and O–H groups in total. The number of rotatable bonds is 2. The molecule has 1 amide bonds. The molecule has 0 bridgehead atoms. The van der Waals surface area contributed by atoms with Crippen molar-refractivity contribution >= 4 is 6.09 Å². The maximum atomic E-state index is 12.1. The minimum Gasteiger partial charge on any atom is -0.445 e. The molecule has 0 radical (unpaired) electrons. The van der Waals surface area contributed by atoms with Crippen LogP contribution in [0.1, 0.15) is 31.2 Å². The van der Waals surface area contributed by atoms with Crippen LogP contribution in [0.5, 0.6) is 0 Å². The van der Waals surface area contributed by atoms with E-state index in [1.54, 1.807) is 0 Å². The van der Waals surface area contributed by atoms with Crippen LogP contribution in [0, 0.1) is 0 Å². The first-order chi connectivity index (χ1) is 9.30. The van der Waals surface area contributed by atoms with Crippen LogP contribution < -0.4 is 5.32 Å². The highest BCUT2D eigenvalue weighted by Crippen LogP contribution is 2.35. The van der Waals surface area contributed by atoms with Gasteiger partial charge >= 0.3 is 6.09 Å². The number of hydrogen-bond acceptors (Lipinski definition) is 3. The third kappa shape index (κ3) is 2.45. The van der Waals surface area contributed by atoms with Crippen molar-refractivity contribution in [2.45, 2.75) is 38.0 Å². The van der Waals surface area contributed by atoms with E-state index in [4.69, 9.17) is 4.74 Å². The van der Waals surface area contributed by atoms with Crippen molar-refractivity contribution in [3.63, 3.8) is 0 Å². The first kappa shape index (κ1) is 12.5. The topological polar surface area (TPSA) is 41.6 Å². The molecule has 1 aromatic carbocycles. The molecule has 19 heavy (non-hydrogen) atoms. The second kappa shape index (κ2) is 5.21. The summed E-state index contributed by atoms with van der Waals surface area (Å²) in [5.41, 5.74) is 0.925. The van der Waals surface area contributed by atoms with Crippen LogP contribution in [0.2, 0.25) is 0 Å². The SMILES string of the molecule is O=C(OCc1ccccc1)N1CCC12CCCCN2. The fourth-order valence-corrected chi connectivity index (χ4v) is 2.95. The van der Waals surface area contributed by atoms with Gasteiger partial charge in [-0.1, -0.05) is 30.3 Å². The van der Waals surface area contributed by atoms with Gasteiger partial charge in [0.2, 0.25) is 0 Å². The molecule has 2 fully saturated rings. The van der Waals surface area contributed by atoms with Gasteiger partial charge in [0.1, 0.15) is 6.61 Å². The summed E-state index contributed by atoms with van der Waals surface area (Å²) in [5.74, 6) is 0. The Morgan fingerprint density at radius 2 is 2.11 bits per heavy atom. The number of amides is 1. The van der Waals surface area contributed by atoms with Crippen molar-refractivity contribution in [2.24, 2.45) is 0 Å². The van der Waals surface area contributed by atoms with Crippen LogP contribution in [-0.4, -0.2) is 29.7 Å². The van der Waals surface area contributed by atoms with E-state index in [1.165, 1.54) is 12.8 Å². The fraction of sp³-hybridized carbons (Fsp3) is 0.533. The summed E-state index contributed by atoms with van der Waals surface area (Å²) in [5, 5.41) is 3.49. The zero-order chi connectivity index (χ0) is 13.1. The maximum Gasteiger partial charge on any atom is 0.411 e. The highest BCUT2D eigenvalue weighted by molar-refractivity contribution is 5.70. The first-order valence-corrected chi connectivity index (χ1v) is 7.04. The van der Waals surface area contributed by atoms with Gasteiger partial charge in [-0.25, -0.2) is 4.79 Å². The molecule has 3 rings (SSSR count). The van der Waals surface area contributed by atoms with Crippen LogP contribution in [0.25, 0.3) is 0 Å². The number of carbonyl (C=O) groups is 1. The smallest absolute Gasteiger partial charge is 0.411 e. The lowest BCUT2D eigenvalue weighted by atomic mass is 9.86. The number of piperidine rings is 1. The van der Waals surface area contributed by atoms with Gasteiger partial charge in [-0.2, -0.15) is 0 Å². The van der Waals surface area contributed by atoms with E-state index in [0.29, 0.717) is 6.61 Å². The first-order valence-electron chi connectivity index (χ1n) is 7.04. The van der Waals surface area contributed by atoms with Gasteiger partial charge in [0.05, 0.1) is 5.66 Å². The Hall–Kier alpha value is -1.55. The molecule has 1 unspecified atom stereocenters. The lowest BCUT2D eigenvalue weighted by molar-refractivity contribution is -0.0528. The summed E-state index contributed by atoms with van der Waals surface area (Å²) in [7, 11) is 0. The number of likely N-dealkylation sites (tertiary alicyclic amines) is 1. The van der Waals surface area contributed by atoms with Crippen LogP contribution in [0.15, 0.2) is 30.3 Å². The maximum absolute atomic E-state index is 12.1. The van der Waals surface area contributed by atoms with E-state index < -0.39 is 0 Å². The number of carbonyl (C=O) groups excluding carboxylic acids is 1. The summed E-state index contributed by atoms with van der Waals surface area (Å²) >= 11 is 0. The number of nitrogens with zero attached hydrogens (tertiary/aromatic N) is 1. The molecular formula is C15H20N2O2. The minimum atomic E-state index is -0.190. The van der Waals surface area contributed by atoms with Crippen LogP contribution in [-0.2, 0) is 11.3 Å². The van der Waals surface area contributed by atoms with Gasteiger partial charge in [0.15, 0.2) is 0 Å². The van der Waals surface area contributed by atoms with Gasteiger partial charge in [-0.3, -0.25) is 10.2 Å². The fourth-order valence-electron chi connectivity index (χ4n) is 2.95. The molecule has 0 aliphatic carbocycles. The lowest BCUT2D eigenvalue weighted by Crippen LogP contribution is -2.70. The second-order valence-electron chi connectivity index (χ2n) is 5.36. The van der Waals surface area contributed by atoms with Crippen molar-refractivity contribution in [3.05, 3.63) is 35.9 Å². The number of hydrogen-bond donors (Lipinski definition) is 1. The van der Waals surface area contributed by atoms with Gasteiger partial charge in [-0.05, 0) is 31.4 Å². The standard InChI is InChI=1S/C15H20N2O2/c18-14(19-12-13-6-2-1-3-7-13)17-11-9-15(17)8-4-5-10-16-15/h1-3,6-7,16H,4-5,8-12H2. The van der Waals surface area contributed by atoms with Gasteiger partial charge in [0.25, 0.3) is 0 Å². The average molecular weight is 260 g/mol. The monoisotopic (exact) mass is 260 g/mol. The van der Waals surface area contributed by atoms with Gasteiger partial charge in [0, 0.05) is 13.0 Å².